The minimum atomic E-state index is -0.261. The predicted octanol–water partition coefficient (Wildman–Crippen LogP) is 4.66. The van der Waals surface area contributed by atoms with Crippen LogP contribution in [-0.4, -0.2) is 5.71 Å². The Morgan fingerprint density at radius 2 is 1.74 bits per heavy atom. The topological polar surface area (TPSA) is 21.6 Å². The summed E-state index contributed by atoms with van der Waals surface area (Å²) in [5.74, 6) is 1.14. The molecule has 0 fully saturated rings. The minimum Gasteiger partial charge on any atom is -0.457 e. The molecule has 1 heterocycles. The van der Waals surface area contributed by atoms with Gasteiger partial charge in [-0.05, 0) is 67.8 Å². The van der Waals surface area contributed by atoms with E-state index in [0.717, 1.165) is 24.3 Å². The van der Waals surface area contributed by atoms with Gasteiger partial charge in [0.2, 0.25) is 0 Å². The Labute approximate surface area is 111 Å². The van der Waals surface area contributed by atoms with Crippen LogP contribution in [0.1, 0.15) is 18.9 Å². The average Bonchev–Trinajstić information content (AvgIpc) is 2.42. The maximum Gasteiger partial charge on any atom is 0.127 e. The van der Waals surface area contributed by atoms with Gasteiger partial charge in [0.25, 0.3) is 0 Å². The molecule has 0 aromatic heterocycles. The van der Waals surface area contributed by atoms with Crippen LogP contribution < -0.4 is 4.74 Å². The SMILES string of the molecule is CC1=Nc2ccc(Oc3ccc(F)cc3)cc2CC1. The highest BCUT2D eigenvalue weighted by molar-refractivity contribution is 5.87. The molecule has 19 heavy (non-hydrogen) atoms. The van der Waals surface area contributed by atoms with Gasteiger partial charge in [0.15, 0.2) is 0 Å². The van der Waals surface area contributed by atoms with Crippen LogP contribution in [-0.2, 0) is 6.42 Å². The first-order valence-corrected chi connectivity index (χ1v) is 6.31. The molecule has 0 amide bonds. The quantitative estimate of drug-likeness (QED) is 0.765. The van der Waals surface area contributed by atoms with Crippen LogP contribution in [0, 0.1) is 5.82 Å². The summed E-state index contributed by atoms with van der Waals surface area (Å²) in [7, 11) is 0. The summed E-state index contributed by atoms with van der Waals surface area (Å²) >= 11 is 0. The van der Waals surface area contributed by atoms with Crippen molar-refractivity contribution in [3.63, 3.8) is 0 Å². The molecule has 0 bridgehead atoms. The second-order valence-corrected chi connectivity index (χ2v) is 4.69. The molecule has 2 aromatic rings. The van der Waals surface area contributed by atoms with E-state index in [1.165, 1.54) is 23.4 Å². The summed E-state index contributed by atoms with van der Waals surface area (Å²) in [6.07, 6.45) is 1.98. The van der Waals surface area contributed by atoms with E-state index in [0.29, 0.717) is 5.75 Å². The lowest BCUT2D eigenvalue weighted by Gasteiger charge is -2.14. The van der Waals surface area contributed by atoms with Crippen LogP contribution in [0.25, 0.3) is 0 Å². The first kappa shape index (κ1) is 11.9. The minimum absolute atomic E-state index is 0.261. The standard InChI is InChI=1S/C16H14FNO/c1-11-2-3-12-10-15(8-9-16(12)18-11)19-14-6-4-13(17)5-7-14/h4-10H,2-3H2,1H3. The Morgan fingerprint density at radius 1 is 1.00 bits per heavy atom. The molecule has 1 aliphatic heterocycles. The molecule has 0 unspecified atom stereocenters. The van der Waals surface area contributed by atoms with E-state index in [-0.39, 0.29) is 5.82 Å². The van der Waals surface area contributed by atoms with Gasteiger partial charge in [-0.2, -0.15) is 0 Å². The molecule has 2 aromatic carbocycles. The van der Waals surface area contributed by atoms with Gasteiger partial charge in [-0.3, -0.25) is 4.99 Å². The maximum atomic E-state index is 12.8. The molecule has 0 atom stereocenters. The van der Waals surface area contributed by atoms with E-state index in [1.807, 2.05) is 25.1 Å². The van der Waals surface area contributed by atoms with Crippen LogP contribution in [0.4, 0.5) is 10.1 Å². The van der Waals surface area contributed by atoms with Gasteiger partial charge >= 0.3 is 0 Å². The van der Waals surface area contributed by atoms with Gasteiger partial charge in [0, 0.05) is 5.71 Å². The molecule has 0 spiro atoms. The number of aliphatic imine (C=N–C) groups is 1. The average molecular weight is 255 g/mol. The monoisotopic (exact) mass is 255 g/mol. The molecule has 0 aliphatic carbocycles. The fourth-order valence-corrected chi connectivity index (χ4v) is 2.15. The molecule has 2 nitrogen and oxygen atoms in total. The van der Waals surface area contributed by atoms with Gasteiger partial charge in [-0.1, -0.05) is 0 Å². The van der Waals surface area contributed by atoms with Crippen molar-refractivity contribution in [3.8, 4) is 11.5 Å². The number of hydrogen-bond donors (Lipinski definition) is 0. The summed E-state index contributed by atoms with van der Waals surface area (Å²) in [4.78, 5) is 4.52. The third kappa shape index (κ3) is 2.65. The van der Waals surface area contributed by atoms with E-state index in [2.05, 4.69) is 4.99 Å². The molecule has 0 saturated heterocycles. The highest BCUT2D eigenvalue weighted by Gasteiger charge is 2.10. The Morgan fingerprint density at radius 3 is 2.53 bits per heavy atom. The van der Waals surface area contributed by atoms with Crippen LogP contribution in [0.3, 0.4) is 0 Å². The number of hydrogen-bond acceptors (Lipinski definition) is 2. The Hall–Kier alpha value is -2.16. The lowest BCUT2D eigenvalue weighted by atomic mass is 10.0. The van der Waals surface area contributed by atoms with Crippen LogP contribution in [0.2, 0.25) is 0 Å². The summed E-state index contributed by atoms with van der Waals surface area (Å²) in [5.41, 5.74) is 3.39. The van der Waals surface area contributed by atoms with Crippen molar-refractivity contribution in [1.29, 1.82) is 0 Å². The third-order valence-electron chi connectivity index (χ3n) is 3.17. The number of benzene rings is 2. The zero-order chi connectivity index (χ0) is 13.2. The largest absolute Gasteiger partial charge is 0.457 e. The third-order valence-corrected chi connectivity index (χ3v) is 3.17. The van der Waals surface area contributed by atoms with Crippen molar-refractivity contribution in [2.75, 3.05) is 0 Å². The zero-order valence-corrected chi connectivity index (χ0v) is 10.7. The fourth-order valence-electron chi connectivity index (χ4n) is 2.15. The second kappa shape index (κ2) is 4.84. The lowest BCUT2D eigenvalue weighted by Crippen LogP contribution is -2.01. The van der Waals surface area contributed by atoms with Crippen molar-refractivity contribution in [1.82, 2.24) is 0 Å². The van der Waals surface area contributed by atoms with Gasteiger partial charge in [-0.15, -0.1) is 0 Å². The Balaban J connectivity index is 1.85. The first-order chi connectivity index (χ1) is 9.20. The van der Waals surface area contributed by atoms with Gasteiger partial charge in [0.05, 0.1) is 5.69 Å². The van der Waals surface area contributed by atoms with Crippen molar-refractivity contribution in [2.24, 2.45) is 4.99 Å². The normalized spacial score (nSPS) is 13.7. The summed E-state index contributed by atoms with van der Waals surface area (Å²) in [5, 5.41) is 0. The molecule has 0 radical (unpaired) electrons. The van der Waals surface area contributed by atoms with E-state index in [4.69, 9.17) is 4.74 Å². The second-order valence-electron chi connectivity index (χ2n) is 4.69. The van der Waals surface area contributed by atoms with Crippen LogP contribution in [0.5, 0.6) is 11.5 Å². The Kier molecular flexibility index (Phi) is 3.03. The molecule has 0 N–H and O–H groups in total. The number of ether oxygens (including phenoxy) is 1. The number of nitrogens with zero attached hydrogens (tertiary/aromatic N) is 1. The predicted molar refractivity (Wildman–Crippen MR) is 74.0 cm³/mol. The molecule has 3 rings (SSSR count). The zero-order valence-electron chi connectivity index (χ0n) is 10.7. The van der Waals surface area contributed by atoms with Gasteiger partial charge in [0.1, 0.15) is 17.3 Å². The first-order valence-electron chi connectivity index (χ1n) is 6.31. The molecule has 96 valence electrons. The van der Waals surface area contributed by atoms with E-state index < -0.39 is 0 Å². The van der Waals surface area contributed by atoms with E-state index >= 15 is 0 Å². The summed E-state index contributed by atoms with van der Waals surface area (Å²) < 4.78 is 18.5. The number of halogens is 1. The van der Waals surface area contributed by atoms with Crippen molar-refractivity contribution < 1.29 is 9.13 Å². The van der Waals surface area contributed by atoms with Crippen molar-refractivity contribution in [2.45, 2.75) is 19.8 Å². The molecule has 3 heteroatoms. The summed E-state index contributed by atoms with van der Waals surface area (Å²) in [6.45, 7) is 2.05. The number of rotatable bonds is 2. The van der Waals surface area contributed by atoms with Crippen molar-refractivity contribution in [3.05, 3.63) is 53.8 Å². The highest BCUT2D eigenvalue weighted by Crippen LogP contribution is 2.31. The molecular weight excluding hydrogens is 241 g/mol. The number of aryl methyl sites for hydroxylation is 1. The molecular formula is C16H14FNO. The fraction of sp³-hybridized carbons (Fsp3) is 0.188. The lowest BCUT2D eigenvalue weighted by molar-refractivity contribution is 0.480. The molecule has 0 saturated carbocycles. The van der Waals surface area contributed by atoms with E-state index in [1.54, 1.807) is 12.1 Å². The Bertz CT molecular complexity index is 632. The van der Waals surface area contributed by atoms with Crippen molar-refractivity contribution >= 4 is 11.4 Å². The summed E-state index contributed by atoms with van der Waals surface area (Å²) in [6, 6.07) is 11.9. The maximum absolute atomic E-state index is 12.8. The van der Waals surface area contributed by atoms with Crippen LogP contribution in [0.15, 0.2) is 47.5 Å². The van der Waals surface area contributed by atoms with Crippen LogP contribution >= 0.6 is 0 Å². The number of fused-ring (bicyclic) bond motifs is 1. The molecule has 1 aliphatic rings. The smallest absolute Gasteiger partial charge is 0.127 e. The van der Waals surface area contributed by atoms with E-state index in [9.17, 15) is 4.39 Å². The highest BCUT2D eigenvalue weighted by atomic mass is 19.1. The van der Waals surface area contributed by atoms with Gasteiger partial charge < -0.3 is 4.74 Å². The van der Waals surface area contributed by atoms with Gasteiger partial charge in [-0.25, -0.2) is 4.39 Å².